The Bertz CT molecular complexity index is 744. The van der Waals surface area contributed by atoms with E-state index in [2.05, 4.69) is 22.3 Å². The highest BCUT2D eigenvalue weighted by Crippen LogP contribution is 2.29. The van der Waals surface area contributed by atoms with Gasteiger partial charge < -0.3 is 15.0 Å². The van der Waals surface area contributed by atoms with Crippen LogP contribution in [0.5, 0.6) is 5.75 Å². The molecule has 0 aromatic heterocycles. The van der Waals surface area contributed by atoms with Gasteiger partial charge in [0.1, 0.15) is 11.6 Å². The first kappa shape index (κ1) is 17.4. The summed E-state index contributed by atoms with van der Waals surface area (Å²) >= 11 is 0. The van der Waals surface area contributed by atoms with Gasteiger partial charge in [-0.05, 0) is 49.0 Å². The summed E-state index contributed by atoms with van der Waals surface area (Å²) < 4.78 is 18.5. The zero-order valence-corrected chi connectivity index (χ0v) is 14.6. The minimum absolute atomic E-state index is 0.0667. The van der Waals surface area contributed by atoms with E-state index in [1.807, 2.05) is 20.2 Å². The Morgan fingerprint density at radius 3 is 2.72 bits per heavy atom. The number of halogens is 1. The number of benzene rings is 2. The number of rotatable bonds is 6. The molecule has 1 amide bonds. The Kier molecular flexibility index (Phi) is 5.34. The Hall–Kier alpha value is -2.40. The first-order valence-corrected chi connectivity index (χ1v) is 8.46. The monoisotopic (exact) mass is 342 g/mol. The number of nitrogens with zero attached hydrogens (tertiary/aromatic N) is 1. The van der Waals surface area contributed by atoms with E-state index in [-0.39, 0.29) is 24.2 Å². The van der Waals surface area contributed by atoms with Gasteiger partial charge in [-0.3, -0.25) is 4.79 Å². The molecule has 0 saturated heterocycles. The number of carbonyl (C=O) groups excluding carboxylic acids is 1. The van der Waals surface area contributed by atoms with Gasteiger partial charge >= 0.3 is 0 Å². The number of fused-ring (bicyclic) bond motifs is 1. The van der Waals surface area contributed by atoms with Crippen LogP contribution >= 0.6 is 0 Å². The number of amides is 1. The molecule has 0 saturated carbocycles. The summed E-state index contributed by atoms with van der Waals surface area (Å²) in [6.45, 7) is 1.26. The Morgan fingerprint density at radius 2 is 2.00 bits per heavy atom. The molecule has 25 heavy (non-hydrogen) atoms. The summed E-state index contributed by atoms with van der Waals surface area (Å²) in [5.41, 5.74) is 3.19. The van der Waals surface area contributed by atoms with Gasteiger partial charge in [0.15, 0.2) is 0 Å². The van der Waals surface area contributed by atoms with Crippen molar-refractivity contribution in [1.29, 1.82) is 0 Å². The molecule has 0 spiro atoms. The van der Waals surface area contributed by atoms with E-state index in [9.17, 15) is 9.18 Å². The summed E-state index contributed by atoms with van der Waals surface area (Å²) in [4.78, 5) is 14.3. The molecule has 1 aliphatic rings. The molecule has 0 bridgehead atoms. The molecule has 0 radical (unpaired) electrons. The third-order valence-electron chi connectivity index (χ3n) is 4.49. The summed E-state index contributed by atoms with van der Waals surface area (Å²) in [6.07, 6.45) is 1.18. The SMILES string of the molecule is CN(C)C(CNC(=O)Cc1ccc(F)cc1)c1ccc2c(c1)CCO2. The lowest BCUT2D eigenvalue weighted by Gasteiger charge is -2.25. The number of hydrogen-bond acceptors (Lipinski definition) is 3. The lowest BCUT2D eigenvalue weighted by atomic mass is 10.0. The van der Waals surface area contributed by atoms with Crippen LogP contribution < -0.4 is 10.1 Å². The highest BCUT2D eigenvalue weighted by Gasteiger charge is 2.19. The molecule has 3 rings (SSSR count). The van der Waals surface area contributed by atoms with E-state index in [1.165, 1.54) is 17.7 Å². The number of ether oxygens (including phenoxy) is 1. The maximum absolute atomic E-state index is 12.9. The summed E-state index contributed by atoms with van der Waals surface area (Å²) in [5.74, 6) is 0.599. The fourth-order valence-electron chi connectivity index (χ4n) is 3.07. The molecule has 1 heterocycles. The fourth-order valence-corrected chi connectivity index (χ4v) is 3.07. The maximum atomic E-state index is 12.9. The average molecular weight is 342 g/mol. The minimum atomic E-state index is -0.294. The summed E-state index contributed by atoms with van der Waals surface area (Å²) in [5, 5.41) is 2.99. The molecular weight excluding hydrogens is 319 g/mol. The topological polar surface area (TPSA) is 41.6 Å². The van der Waals surface area contributed by atoms with Gasteiger partial charge in [-0.1, -0.05) is 24.3 Å². The van der Waals surface area contributed by atoms with E-state index in [0.717, 1.165) is 29.9 Å². The van der Waals surface area contributed by atoms with Gasteiger partial charge in [0, 0.05) is 13.0 Å². The second-order valence-electron chi connectivity index (χ2n) is 6.55. The van der Waals surface area contributed by atoms with Crippen molar-refractivity contribution in [1.82, 2.24) is 10.2 Å². The third kappa shape index (κ3) is 4.37. The second kappa shape index (κ2) is 7.66. The van der Waals surface area contributed by atoms with Gasteiger partial charge in [0.05, 0.1) is 19.1 Å². The summed E-state index contributed by atoms with van der Waals surface area (Å²) in [7, 11) is 4.00. The molecular formula is C20H23FN2O2. The predicted molar refractivity (Wildman–Crippen MR) is 95.2 cm³/mol. The van der Waals surface area contributed by atoms with Gasteiger partial charge in [-0.25, -0.2) is 4.39 Å². The number of carbonyl (C=O) groups is 1. The van der Waals surface area contributed by atoms with Gasteiger partial charge in [-0.15, -0.1) is 0 Å². The van der Waals surface area contributed by atoms with Crippen LogP contribution in [0.3, 0.4) is 0 Å². The van der Waals surface area contributed by atoms with Crippen LogP contribution in [-0.4, -0.2) is 38.1 Å². The van der Waals surface area contributed by atoms with E-state index in [0.29, 0.717) is 6.54 Å². The maximum Gasteiger partial charge on any atom is 0.224 e. The van der Waals surface area contributed by atoms with Crippen molar-refractivity contribution in [3.63, 3.8) is 0 Å². The fraction of sp³-hybridized carbons (Fsp3) is 0.350. The van der Waals surface area contributed by atoms with E-state index in [1.54, 1.807) is 12.1 Å². The van der Waals surface area contributed by atoms with Gasteiger partial charge in [0.25, 0.3) is 0 Å². The molecule has 5 heteroatoms. The van der Waals surface area contributed by atoms with Crippen molar-refractivity contribution in [3.8, 4) is 5.75 Å². The van der Waals surface area contributed by atoms with Crippen LogP contribution in [-0.2, 0) is 17.6 Å². The van der Waals surface area contributed by atoms with Crippen molar-refractivity contribution >= 4 is 5.91 Å². The van der Waals surface area contributed by atoms with E-state index in [4.69, 9.17) is 4.74 Å². The number of hydrogen-bond donors (Lipinski definition) is 1. The first-order chi connectivity index (χ1) is 12.0. The van der Waals surface area contributed by atoms with Gasteiger partial charge in [0.2, 0.25) is 5.91 Å². The number of nitrogens with one attached hydrogen (secondary N) is 1. The van der Waals surface area contributed by atoms with Crippen molar-refractivity contribution in [3.05, 3.63) is 65.0 Å². The van der Waals surface area contributed by atoms with E-state index >= 15 is 0 Å². The van der Waals surface area contributed by atoms with Crippen molar-refractivity contribution < 1.29 is 13.9 Å². The first-order valence-electron chi connectivity index (χ1n) is 8.46. The highest BCUT2D eigenvalue weighted by atomic mass is 19.1. The van der Waals surface area contributed by atoms with E-state index < -0.39 is 0 Å². The molecule has 4 nitrogen and oxygen atoms in total. The molecule has 1 N–H and O–H groups in total. The summed E-state index contributed by atoms with van der Waals surface area (Å²) in [6, 6.07) is 12.3. The largest absolute Gasteiger partial charge is 0.493 e. The lowest BCUT2D eigenvalue weighted by Crippen LogP contribution is -2.35. The van der Waals surface area contributed by atoms with Crippen LogP contribution in [0.15, 0.2) is 42.5 Å². The molecule has 2 aromatic rings. The molecule has 132 valence electrons. The minimum Gasteiger partial charge on any atom is -0.493 e. The molecule has 1 aliphatic heterocycles. The van der Waals surface area contributed by atoms with Crippen molar-refractivity contribution in [2.75, 3.05) is 27.2 Å². The zero-order chi connectivity index (χ0) is 17.8. The second-order valence-corrected chi connectivity index (χ2v) is 6.55. The van der Waals surface area contributed by atoms with Crippen LogP contribution in [0.25, 0.3) is 0 Å². The predicted octanol–water partition coefficient (Wildman–Crippen LogP) is 2.72. The van der Waals surface area contributed by atoms with Gasteiger partial charge in [-0.2, -0.15) is 0 Å². The highest BCUT2D eigenvalue weighted by molar-refractivity contribution is 5.78. The number of likely N-dealkylation sites (N-methyl/N-ethyl adjacent to an activating group) is 1. The molecule has 1 unspecified atom stereocenters. The smallest absolute Gasteiger partial charge is 0.224 e. The third-order valence-corrected chi connectivity index (χ3v) is 4.49. The van der Waals surface area contributed by atoms with Crippen LogP contribution in [0, 0.1) is 5.82 Å². The average Bonchev–Trinajstić information content (AvgIpc) is 3.04. The molecule has 0 fully saturated rings. The Balaban J connectivity index is 1.62. The molecule has 0 aliphatic carbocycles. The van der Waals surface area contributed by atoms with Crippen molar-refractivity contribution in [2.24, 2.45) is 0 Å². The molecule has 2 aromatic carbocycles. The standard InChI is InChI=1S/C20H23FN2O2/c1-23(2)18(15-5-8-19-16(12-15)9-10-25-19)13-22-20(24)11-14-3-6-17(21)7-4-14/h3-8,12,18H,9-11,13H2,1-2H3,(H,22,24). The normalized spacial score (nSPS) is 14.1. The Labute approximate surface area is 147 Å². The quantitative estimate of drug-likeness (QED) is 0.878. The molecule has 1 atom stereocenters. The van der Waals surface area contributed by atoms with Crippen molar-refractivity contribution in [2.45, 2.75) is 18.9 Å². The van der Waals surface area contributed by atoms with Crippen LogP contribution in [0.4, 0.5) is 4.39 Å². The van der Waals surface area contributed by atoms with Crippen LogP contribution in [0.1, 0.15) is 22.7 Å². The Morgan fingerprint density at radius 1 is 1.24 bits per heavy atom. The lowest BCUT2D eigenvalue weighted by molar-refractivity contribution is -0.120. The zero-order valence-electron chi connectivity index (χ0n) is 14.6. The van der Waals surface area contributed by atoms with Crippen LogP contribution in [0.2, 0.25) is 0 Å².